The highest BCUT2D eigenvalue weighted by Gasteiger charge is 2.17. The summed E-state index contributed by atoms with van der Waals surface area (Å²) in [6.07, 6.45) is 0. The van der Waals surface area contributed by atoms with E-state index in [-0.39, 0.29) is 18.4 Å². The minimum atomic E-state index is -0.242. The minimum Gasteiger partial charge on any atom is -0.332 e. The number of hydrogen-bond donors (Lipinski definition) is 1. The summed E-state index contributed by atoms with van der Waals surface area (Å²) in [7, 11) is 1.60. The second-order valence-corrected chi connectivity index (χ2v) is 6.80. The summed E-state index contributed by atoms with van der Waals surface area (Å²) in [6.45, 7) is 1.96. The maximum absolute atomic E-state index is 12.4. The van der Waals surface area contributed by atoms with E-state index in [1.54, 1.807) is 25.2 Å². The molecular formula is C17H16ClIN2O2. The minimum absolute atomic E-state index is 0.0224. The molecule has 23 heavy (non-hydrogen) atoms. The zero-order chi connectivity index (χ0) is 17.0. The van der Waals surface area contributed by atoms with Crippen molar-refractivity contribution in [2.75, 3.05) is 18.9 Å². The summed E-state index contributed by atoms with van der Waals surface area (Å²) in [5, 5.41) is 3.35. The fraction of sp³-hybridized carbons (Fsp3) is 0.176. The number of nitrogens with zero attached hydrogens (tertiary/aromatic N) is 1. The van der Waals surface area contributed by atoms with E-state index in [2.05, 4.69) is 27.9 Å². The molecule has 0 fully saturated rings. The van der Waals surface area contributed by atoms with Crippen LogP contribution >= 0.6 is 34.2 Å². The molecule has 120 valence electrons. The van der Waals surface area contributed by atoms with E-state index in [0.29, 0.717) is 16.3 Å². The van der Waals surface area contributed by atoms with E-state index in [9.17, 15) is 9.59 Å². The first-order chi connectivity index (χ1) is 10.9. The highest BCUT2D eigenvalue weighted by molar-refractivity contribution is 14.1. The topological polar surface area (TPSA) is 49.4 Å². The molecule has 0 saturated carbocycles. The van der Waals surface area contributed by atoms with Gasteiger partial charge < -0.3 is 10.2 Å². The highest BCUT2D eigenvalue weighted by atomic mass is 127. The Kier molecular flexibility index (Phi) is 6.01. The molecule has 6 heteroatoms. The second-order valence-electron chi connectivity index (χ2n) is 5.20. The number of amides is 2. The van der Waals surface area contributed by atoms with Crippen LogP contribution in [0.25, 0.3) is 0 Å². The summed E-state index contributed by atoms with van der Waals surface area (Å²) in [5.74, 6) is -0.459. The fourth-order valence-corrected chi connectivity index (χ4v) is 3.10. The van der Waals surface area contributed by atoms with Gasteiger partial charge in [0.1, 0.15) is 0 Å². The van der Waals surface area contributed by atoms with Crippen molar-refractivity contribution >= 4 is 51.7 Å². The van der Waals surface area contributed by atoms with Crippen LogP contribution < -0.4 is 5.32 Å². The molecule has 0 unspecified atom stereocenters. The van der Waals surface area contributed by atoms with Crippen molar-refractivity contribution in [1.82, 2.24) is 4.90 Å². The van der Waals surface area contributed by atoms with Gasteiger partial charge in [0.25, 0.3) is 5.91 Å². The van der Waals surface area contributed by atoms with Gasteiger partial charge in [-0.05, 0) is 59.8 Å². The third kappa shape index (κ3) is 4.94. The zero-order valence-corrected chi connectivity index (χ0v) is 15.7. The van der Waals surface area contributed by atoms with Gasteiger partial charge in [-0.2, -0.15) is 0 Å². The van der Waals surface area contributed by atoms with Crippen LogP contribution in [-0.2, 0) is 4.79 Å². The van der Waals surface area contributed by atoms with Crippen LogP contribution in [0.3, 0.4) is 0 Å². The highest BCUT2D eigenvalue weighted by Crippen LogP contribution is 2.19. The molecular weight excluding hydrogens is 427 g/mol. The van der Waals surface area contributed by atoms with Gasteiger partial charge in [0.15, 0.2) is 0 Å². The number of carbonyl (C=O) groups is 2. The van der Waals surface area contributed by atoms with Gasteiger partial charge in [-0.3, -0.25) is 9.59 Å². The summed E-state index contributed by atoms with van der Waals surface area (Å²) in [6, 6.07) is 12.5. The predicted octanol–water partition coefficient (Wildman–Crippen LogP) is 3.96. The van der Waals surface area contributed by atoms with Crippen LogP contribution in [0.15, 0.2) is 42.5 Å². The maximum Gasteiger partial charge on any atom is 0.255 e. The van der Waals surface area contributed by atoms with E-state index in [0.717, 1.165) is 9.13 Å². The third-order valence-electron chi connectivity index (χ3n) is 3.22. The van der Waals surface area contributed by atoms with Gasteiger partial charge in [-0.25, -0.2) is 0 Å². The molecule has 0 spiro atoms. The largest absolute Gasteiger partial charge is 0.332 e. The van der Waals surface area contributed by atoms with Crippen LogP contribution in [0, 0.1) is 10.5 Å². The van der Waals surface area contributed by atoms with Gasteiger partial charge in [-0.1, -0.05) is 29.3 Å². The number of benzene rings is 2. The summed E-state index contributed by atoms with van der Waals surface area (Å²) in [5.41, 5.74) is 2.36. The quantitative estimate of drug-likeness (QED) is 0.729. The molecule has 0 aliphatic heterocycles. The Morgan fingerprint density at radius 2 is 1.83 bits per heavy atom. The van der Waals surface area contributed by atoms with E-state index in [4.69, 9.17) is 11.6 Å². The standard InChI is InChI=1S/C17H16ClIN2O2/c1-11-3-6-13(7-4-11)20-16(22)10-21(2)17(23)14-8-5-12(18)9-15(14)19/h3-9H,10H2,1-2H3,(H,20,22). The van der Waals surface area contributed by atoms with Crippen molar-refractivity contribution in [3.63, 3.8) is 0 Å². The molecule has 0 aliphatic rings. The Morgan fingerprint density at radius 1 is 1.17 bits per heavy atom. The molecule has 0 aromatic heterocycles. The Bertz CT molecular complexity index is 732. The molecule has 0 saturated heterocycles. The molecule has 1 N–H and O–H groups in total. The number of likely N-dealkylation sites (N-methyl/N-ethyl adjacent to an activating group) is 1. The molecule has 4 nitrogen and oxygen atoms in total. The van der Waals surface area contributed by atoms with E-state index >= 15 is 0 Å². The number of rotatable bonds is 4. The molecule has 0 atom stereocenters. The Hall–Kier alpha value is -1.60. The van der Waals surface area contributed by atoms with Gasteiger partial charge in [0.2, 0.25) is 5.91 Å². The lowest BCUT2D eigenvalue weighted by Crippen LogP contribution is -2.35. The molecule has 2 amide bonds. The number of halogens is 2. The smallest absolute Gasteiger partial charge is 0.255 e. The van der Waals surface area contributed by atoms with Gasteiger partial charge in [-0.15, -0.1) is 0 Å². The van der Waals surface area contributed by atoms with Crippen LogP contribution in [0.4, 0.5) is 5.69 Å². The van der Waals surface area contributed by atoms with Crippen LogP contribution in [0.2, 0.25) is 5.02 Å². The molecule has 0 bridgehead atoms. The van der Waals surface area contributed by atoms with Crippen molar-refractivity contribution < 1.29 is 9.59 Å². The van der Waals surface area contributed by atoms with Crippen molar-refractivity contribution in [2.45, 2.75) is 6.92 Å². The Morgan fingerprint density at radius 3 is 2.43 bits per heavy atom. The summed E-state index contributed by atoms with van der Waals surface area (Å²) < 4.78 is 0.755. The number of anilines is 1. The molecule has 0 heterocycles. The second kappa shape index (κ2) is 7.79. The number of aryl methyl sites for hydroxylation is 1. The number of carbonyl (C=O) groups excluding carboxylic acids is 2. The SMILES string of the molecule is Cc1ccc(NC(=O)CN(C)C(=O)c2ccc(Cl)cc2I)cc1. The average Bonchev–Trinajstić information content (AvgIpc) is 2.49. The lowest BCUT2D eigenvalue weighted by Gasteiger charge is -2.17. The first-order valence-corrected chi connectivity index (χ1v) is 8.39. The third-order valence-corrected chi connectivity index (χ3v) is 4.35. The van der Waals surface area contributed by atoms with Crippen molar-refractivity contribution in [3.05, 3.63) is 62.2 Å². The molecule has 2 aromatic carbocycles. The molecule has 0 aliphatic carbocycles. The first-order valence-electron chi connectivity index (χ1n) is 6.94. The van der Waals surface area contributed by atoms with Gasteiger partial charge in [0, 0.05) is 21.3 Å². The molecule has 0 radical (unpaired) electrons. The fourth-order valence-electron chi connectivity index (χ4n) is 1.99. The monoisotopic (exact) mass is 442 g/mol. The molecule has 2 aromatic rings. The van der Waals surface area contributed by atoms with E-state index in [1.165, 1.54) is 4.90 Å². The normalized spacial score (nSPS) is 10.3. The zero-order valence-electron chi connectivity index (χ0n) is 12.8. The first kappa shape index (κ1) is 17.7. The lowest BCUT2D eigenvalue weighted by molar-refractivity contribution is -0.116. The predicted molar refractivity (Wildman–Crippen MR) is 101 cm³/mol. The van der Waals surface area contributed by atoms with Crippen LogP contribution in [0.5, 0.6) is 0 Å². The van der Waals surface area contributed by atoms with Crippen molar-refractivity contribution in [1.29, 1.82) is 0 Å². The number of nitrogens with one attached hydrogen (secondary N) is 1. The van der Waals surface area contributed by atoms with E-state index in [1.807, 2.05) is 31.2 Å². The van der Waals surface area contributed by atoms with E-state index < -0.39 is 0 Å². The van der Waals surface area contributed by atoms with Gasteiger partial charge >= 0.3 is 0 Å². The maximum atomic E-state index is 12.4. The van der Waals surface area contributed by atoms with Crippen LogP contribution in [0.1, 0.15) is 15.9 Å². The van der Waals surface area contributed by atoms with Crippen LogP contribution in [-0.4, -0.2) is 30.3 Å². The number of hydrogen-bond acceptors (Lipinski definition) is 2. The van der Waals surface area contributed by atoms with Crippen molar-refractivity contribution in [3.8, 4) is 0 Å². The Labute approximate surface area is 154 Å². The van der Waals surface area contributed by atoms with Gasteiger partial charge in [0.05, 0.1) is 12.1 Å². The Balaban J connectivity index is 2.00. The average molecular weight is 443 g/mol. The summed E-state index contributed by atoms with van der Waals surface area (Å²) in [4.78, 5) is 25.8. The lowest BCUT2D eigenvalue weighted by atomic mass is 10.2. The summed E-state index contributed by atoms with van der Waals surface area (Å²) >= 11 is 7.95. The molecule has 2 rings (SSSR count). The van der Waals surface area contributed by atoms with Crippen molar-refractivity contribution in [2.24, 2.45) is 0 Å².